The zero-order valence-corrected chi connectivity index (χ0v) is 11.4. The van der Waals surface area contributed by atoms with E-state index in [9.17, 15) is 9.59 Å². The van der Waals surface area contributed by atoms with E-state index in [1.807, 2.05) is 6.07 Å². The van der Waals surface area contributed by atoms with E-state index in [0.29, 0.717) is 35.5 Å². The molecule has 2 rings (SSSR count). The van der Waals surface area contributed by atoms with Crippen LogP contribution in [0.3, 0.4) is 0 Å². The number of halogens is 1. The lowest BCUT2D eigenvalue weighted by Gasteiger charge is -2.11. The third kappa shape index (κ3) is 3.09. The first-order chi connectivity index (χ1) is 9.51. The van der Waals surface area contributed by atoms with Gasteiger partial charge in [0, 0.05) is 11.6 Å². The summed E-state index contributed by atoms with van der Waals surface area (Å²) in [6, 6.07) is 6.61. The number of hydrogen-bond donors (Lipinski definition) is 2. The lowest BCUT2D eigenvalue weighted by Crippen LogP contribution is -2.21. The van der Waals surface area contributed by atoms with Crippen molar-refractivity contribution in [1.29, 1.82) is 5.26 Å². The van der Waals surface area contributed by atoms with E-state index in [1.54, 1.807) is 12.1 Å². The van der Waals surface area contributed by atoms with Gasteiger partial charge in [-0.15, -0.1) is 0 Å². The molecule has 0 aliphatic heterocycles. The number of rotatable bonds is 3. The van der Waals surface area contributed by atoms with Crippen molar-refractivity contribution in [3.63, 3.8) is 0 Å². The predicted molar refractivity (Wildman–Crippen MR) is 73.3 cm³/mol. The summed E-state index contributed by atoms with van der Waals surface area (Å²) in [5, 5.41) is 20.8. The third-order valence-corrected chi connectivity index (χ3v) is 3.84. The monoisotopic (exact) mass is 292 g/mol. The standard InChI is InChI=1S/C14H13ClN2O3/c15-12-4-3-11(6-10(12)7-16)17-13(18)8-1-2-9(5-8)14(19)20/h3-4,6,8-9H,1-2,5H2,(H,17,18)(H,19,20). The van der Waals surface area contributed by atoms with E-state index < -0.39 is 11.9 Å². The molecule has 5 nitrogen and oxygen atoms in total. The molecule has 0 aromatic heterocycles. The molecule has 1 saturated carbocycles. The average molecular weight is 293 g/mol. The molecule has 1 aromatic carbocycles. The Balaban J connectivity index is 2.02. The van der Waals surface area contributed by atoms with Gasteiger partial charge in [-0.1, -0.05) is 11.6 Å². The van der Waals surface area contributed by atoms with Gasteiger partial charge in [0.1, 0.15) is 6.07 Å². The van der Waals surface area contributed by atoms with E-state index in [-0.39, 0.29) is 11.8 Å². The summed E-state index contributed by atoms with van der Waals surface area (Å²) in [5.74, 6) is -1.79. The van der Waals surface area contributed by atoms with E-state index in [1.165, 1.54) is 6.07 Å². The predicted octanol–water partition coefficient (Wildman–Crippen LogP) is 2.65. The highest BCUT2D eigenvalue weighted by Gasteiger charge is 2.33. The maximum atomic E-state index is 12.0. The first kappa shape index (κ1) is 14.4. The molecule has 1 aliphatic carbocycles. The molecule has 20 heavy (non-hydrogen) atoms. The van der Waals surface area contributed by atoms with Crippen molar-refractivity contribution < 1.29 is 14.7 Å². The number of amides is 1. The molecule has 0 bridgehead atoms. The molecule has 1 amide bonds. The zero-order chi connectivity index (χ0) is 14.7. The highest BCUT2D eigenvalue weighted by Crippen LogP contribution is 2.32. The summed E-state index contributed by atoms with van der Waals surface area (Å²) >= 11 is 5.81. The summed E-state index contributed by atoms with van der Waals surface area (Å²) in [4.78, 5) is 22.9. The van der Waals surface area contributed by atoms with Crippen LogP contribution in [0.4, 0.5) is 5.69 Å². The van der Waals surface area contributed by atoms with Crippen LogP contribution in [0, 0.1) is 23.2 Å². The van der Waals surface area contributed by atoms with Gasteiger partial charge < -0.3 is 10.4 Å². The van der Waals surface area contributed by atoms with Crippen LogP contribution in [-0.2, 0) is 9.59 Å². The molecular weight excluding hydrogens is 280 g/mol. The number of carbonyl (C=O) groups is 2. The molecular formula is C14H13ClN2O3. The molecule has 1 aromatic rings. The van der Waals surface area contributed by atoms with Gasteiger partial charge in [0.25, 0.3) is 0 Å². The Morgan fingerprint density at radius 2 is 2.05 bits per heavy atom. The van der Waals surface area contributed by atoms with E-state index >= 15 is 0 Å². The Bertz CT molecular complexity index is 595. The number of carbonyl (C=O) groups excluding carboxylic acids is 1. The molecule has 2 N–H and O–H groups in total. The first-order valence-corrected chi connectivity index (χ1v) is 6.62. The van der Waals surface area contributed by atoms with Crippen LogP contribution < -0.4 is 5.32 Å². The van der Waals surface area contributed by atoms with E-state index in [4.69, 9.17) is 22.0 Å². The fraction of sp³-hybridized carbons (Fsp3) is 0.357. The van der Waals surface area contributed by atoms with Crippen molar-refractivity contribution in [2.45, 2.75) is 19.3 Å². The number of aliphatic carboxylic acids is 1. The Morgan fingerprint density at radius 3 is 2.65 bits per heavy atom. The minimum absolute atomic E-state index is 0.208. The Kier molecular flexibility index (Phi) is 4.26. The number of benzene rings is 1. The minimum atomic E-state index is -0.849. The second kappa shape index (κ2) is 5.93. The molecule has 104 valence electrons. The lowest BCUT2D eigenvalue weighted by molar-refractivity contribution is -0.141. The highest BCUT2D eigenvalue weighted by molar-refractivity contribution is 6.31. The van der Waals surface area contributed by atoms with Gasteiger partial charge in [-0.25, -0.2) is 0 Å². The largest absolute Gasteiger partial charge is 0.481 e. The maximum Gasteiger partial charge on any atom is 0.306 e. The smallest absolute Gasteiger partial charge is 0.306 e. The van der Waals surface area contributed by atoms with Crippen LogP contribution in [0.25, 0.3) is 0 Å². The van der Waals surface area contributed by atoms with Gasteiger partial charge in [-0.05, 0) is 37.5 Å². The Hall–Kier alpha value is -2.06. The fourth-order valence-corrected chi connectivity index (χ4v) is 2.54. The van der Waals surface area contributed by atoms with Gasteiger partial charge >= 0.3 is 5.97 Å². The number of nitriles is 1. The van der Waals surface area contributed by atoms with Crippen LogP contribution in [0.5, 0.6) is 0 Å². The van der Waals surface area contributed by atoms with Crippen molar-refractivity contribution in [2.75, 3.05) is 5.32 Å². The lowest BCUT2D eigenvalue weighted by atomic mass is 10.0. The summed E-state index contributed by atoms with van der Waals surface area (Å²) in [6.45, 7) is 0. The van der Waals surface area contributed by atoms with Crippen LogP contribution in [0.1, 0.15) is 24.8 Å². The normalized spacial score (nSPS) is 21.2. The van der Waals surface area contributed by atoms with Crippen LogP contribution in [0.15, 0.2) is 18.2 Å². The molecule has 0 spiro atoms. The number of carboxylic acid groups (broad SMARTS) is 1. The molecule has 6 heteroatoms. The second-order valence-electron chi connectivity index (χ2n) is 4.84. The van der Waals surface area contributed by atoms with Crippen molar-refractivity contribution in [3.8, 4) is 6.07 Å². The van der Waals surface area contributed by atoms with Crippen LogP contribution in [-0.4, -0.2) is 17.0 Å². The third-order valence-electron chi connectivity index (χ3n) is 3.51. The fourth-order valence-electron chi connectivity index (χ4n) is 2.38. The minimum Gasteiger partial charge on any atom is -0.481 e. The molecule has 1 fully saturated rings. The molecule has 2 atom stereocenters. The molecule has 0 saturated heterocycles. The SMILES string of the molecule is N#Cc1cc(NC(=O)C2CCC(C(=O)O)C2)ccc1Cl. The van der Waals surface area contributed by atoms with Crippen molar-refractivity contribution in [2.24, 2.45) is 11.8 Å². The number of anilines is 1. The Morgan fingerprint density at radius 1 is 1.35 bits per heavy atom. The maximum absolute atomic E-state index is 12.0. The Labute approximate surface area is 121 Å². The number of nitrogens with one attached hydrogen (secondary N) is 1. The van der Waals surface area contributed by atoms with Gasteiger partial charge in [-0.2, -0.15) is 5.26 Å². The molecule has 1 aliphatic rings. The second-order valence-corrected chi connectivity index (χ2v) is 5.25. The number of nitrogens with zero attached hydrogens (tertiary/aromatic N) is 1. The number of hydrogen-bond acceptors (Lipinski definition) is 3. The van der Waals surface area contributed by atoms with E-state index in [0.717, 1.165) is 0 Å². The summed E-state index contributed by atoms with van der Waals surface area (Å²) in [5.41, 5.74) is 0.786. The van der Waals surface area contributed by atoms with Crippen molar-refractivity contribution in [1.82, 2.24) is 0 Å². The average Bonchev–Trinajstić information content (AvgIpc) is 2.91. The van der Waals surface area contributed by atoms with Gasteiger partial charge in [0.15, 0.2) is 0 Å². The topological polar surface area (TPSA) is 90.2 Å². The van der Waals surface area contributed by atoms with Crippen molar-refractivity contribution in [3.05, 3.63) is 28.8 Å². The van der Waals surface area contributed by atoms with Gasteiger partial charge in [-0.3, -0.25) is 9.59 Å². The molecule has 0 heterocycles. The van der Waals surface area contributed by atoms with Crippen molar-refractivity contribution >= 4 is 29.2 Å². The number of carboxylic acids is 1. The molecule has 2 unspecified atom stereocenters. The highest BCUT2D eigenvalue weighted by atomic mass is 35.5. The molecule has 0 radical (unpaired) electrons. The van der Waals surface area contributed by atoms with Gasteiger partial charge in [0.2, 0.25) is 5.91 Å². The first-order valence-electron chi connectivity index (χ1n) is 6.24. The van der Waals surface area contributed by atoms with Gasteiger partial charge in [0.05, 0.1) is 16.5 Å². The summed E-state index contributed by atoms with van der Waals surface area (Å²) in [7, 11) is 0. The van der Waals surface area contributed by atoms with E-state index in [2.05, 4.69) is 5.32 Å². The summed E-state index contributed by atoms with van der Waals surface area (Å²) in [6.07, 6.45) is 1.46. The quantitative estimate of drug-likeness (QED) is 0.896. The van der Waals surface area contributed by atoms with Crippen LogP contribution >= 0.6 is 11.6 Å². The van der Waals surface area contributed by atoms with Crippen LogP contribution in [0.2, 0.25) is 5.02 Å². The summed E-state index contributed by atoms with van der Waals surface area (Å²) < 4.78 is 0. The zero-order valence-electron chi connectivity index (χ0n) is 10.6.